The molecule has 4 nitrogen and oxygen atoms in total. The number of aryl methyl sites for hydroxylation is 1. The lowest BCUT2D eigenvalue weighted by Gasteiger charge is -2.11. The maximum absolute atomic E-state index is 12.9. The Morgan fingerprint density at radius 3 is 2.56 bits per heavy atom. The molecule has 0 saturated carbocycles. The number of nitrogens with one attached hydrogen (secondary N) is 2. The zero-order chi connectivity index (χ0) is 17.6. The fourth-order valence-electron chi connectivity index (χ4n) is 2.47. The van der Waals surface area contributed by atoms with Crippen LogP contribution in [0.5, 0.6) is 0 Å². The first kappa shape index (κ1) is 16.6. The number of nitrogens with zero attached hydrogens (tertiary/aromatic N) is 1. The number of rotatable bonds is 5. The highest BCUT2D eigenvalue weighted by molar-refractivity contribution is 6.03. The van der Waals surface area contributed by atoms with Crippen molar-refractivity contribution < 1.29 is 9.18 Å². The second kappa shape index (κ2) is 7.57. The predicted octanol–water partition coefficient (Wildman–Crippen LogP) is 4.78. The van der Waals surface area contributed by atoms with Gasteiger partial charge in [0.2, 0.25) is 0 Å². The van der Waals surface area contributed by atoms with Crippen molar-refractivity contribution in [3.05, 3.63) is 83.9 Å². The number of hydrogen-bond acceptors (Lipinski definition) is 3. The van der Waals surface area contributed by atoms with Gasteiger partial charge in [-0.2, -0.15) is 0 Å². The van der Waals surface area contributed by atoms with Gasteiger partial charge in [-0.1, -0.05) is 25.1 Å². The number of hydrogen-bond donors (Lipinski definition) is 2. The molecule has 0 unspecified atom stereocenters. The van der Waals surface area contributed by atoms with Crippen LogP contribution in [0.2, 0.25) is 0 Å². The molecule has 25 heavy (non-hydrogen) atoms. The number of benzene rings is 2. The molecule has 0 aliphatic rings. The topological polar surface area (TPSA) is 54.0 Å². The van der Waals surface area contributed by atoms with Crippen LogP contribution in [-0.4, -0.2) is 10.9 Å². The Labute approximate surface area is 145 Å². The van der Waals surface area contributed by atoms with Gasteiger partial charge < -0.3 is 10.6 Å². The van der Waals surface area contributed by atoms with Gasteiger partial charge in [0, 0.05) is 23.3 Å². The van der Waals surface area contributed by atoms with E-state index in [0.29, 0.717) is 5.69 Å². The monoisotopic (exact) mass is 335 g/mol. The Morgan fingerprint density at radius 1 is 1.04 bits per heavy atom. The van der Waals surface area contributed by atoms with Gasteiger partial charge in [-0.05, 0) is 54.4 Å². The summed E-state index contributed by atoms with van der Waals surface area (Å²) >= 11 is 0. The summed E-state index contributed by atoms with van der Waals surface area (Å²) in [5.41, 5.74) is 3.77. The van der Waals surface area contributed by atoms with Crippen LogP contribution >= 0.6 is 0 Å². The second-order valence-corrected chi connectivity index (χ2v) is 5.53. The highest BCUT2D eigenvalue weighted by Crippen LogP contribution is 2.21. The molecule has 0 bridgehead atoms. The van der Waals surface area contributed by atoms with Crippen LogP contribution in [0.25, 0.3) is 0 Å². The molecule has 1 heterocycles. The fourth-order valence-corrected chi connectivity index (χ4v) is 2.47. The van der Waals surface area contributed by atoms with Crippen molar-refractivity contribution in [3.8, 4) is 0 Å². The van der Waals surface area contributed by atoms with E-state index >= 15 is 0 Å². The number of carbonyl (C=O) groups excluding carboxylic acids is 1. The standard InChI is InChI=1S/C20H18FN3O/c1-2-14-5-3-4-6-18(14)23-17-11-12-22-19(13-17)20(25)24-16-9-7-15(21)8-10-16/h3-13H,2H2,1H3,(H,22,23)(H,24,25). The molecule has 3 aromatic rings. The molecule has 0 aliphatic carbocycles. The Kier molecular flexibility index (Phi) is 5.04. The minimum absolute atomic E-state index is 0.281. The number of carbonyl (C=O) groups is 1. The van der Waals surface area contributed by atoms with E-state index in [4.69, 9.17) is 0 Å². The number of para-hydroxylation sites is 1. The molecule has 0 radical (unpaired) electrons. The Morgan fingerprint density at radius 2 is 1.80 bits per heavy atom. The van der Waals surface area contributed by atoms with Crippen LogP contribution in [0.15, 0.2) is 66.9 Å². The third-order valence-corrected chi connectivity index (χ3v) is 3.77. The molecule has 2 aromatic carbocycles. The van der Waals surface area contributed by atoms with E-state index in [1.165, 1.54) is 29.8 Å². The van der Waals surface area contributed by atoms with E-state index in [0.717, 1.165) is 17.8 Å². The van der Waals surface area contributed by atoms with Gasteiger partial charge in [0.15, 0.2) is 0 Å². The van der Waals surface area contributed by atoms with Gasteiger partial charge in [-0.3, -0.25) is 9.78 Å². The van der Waals surface area contributed by atoms with Gasteiger partial charge in [0.1, 0.15) is 11.5 Å². The first-order chi connectivity index (χ1) is 12.2. The van der Waals surface area contributed by atoms with Crippen LogP contribution in [0.1, 0.15) is 23.0 Å². The zero-order valence-electron chi connectivity index (χ0n) is 13.8. The maximum Gasteiger partial charge on any atom is 0.274 e. The molecule has 5 heteroatoms. The molecule has 1 amide bonds. The minimum Gasteiger partial charge on any atom is -0.355 e. The van der Waals surface area contributed by atoms with Crippen LogP contribution in [-0.2, 0) is 6.42 Å². The lowest BCUT2D eigenvalue weighted by Crippen LogP contribution is -2.13. The highest BCUT2D eigenvalue weighted by atomic mass is 19.1. The Bertz CT molecular complexity index is 878. The molecule has 2 N–H and O–H groups in total. The number of anilines is 3. The summed E-state index contributed by atoms with van der Waals surface area (Å²) in [6.07, 6.45) is 2.49. The van der Waals surface area contributed by atoms with E-state index in [1.54, 1.807) is 18.3 Å². The van der Waals surface area contributed by atoms with Crippen molar-refractivity contribution in [3.63, 3.8) is 0 Å². The summed E-state index contributed by atoms with van der Waals surface area (Å²) in [4.78, 5) is 16.4. The average molecular weight is 335 g/mol. The number of halogens is 1. The fraction of sp³-hybridized carbons (Fsp3) is 0.100. The third-order valence-electron chi connectivity index (χ3n) is 3.77. The normalized spacial score (nSPS) is 10.3. The van der Waals surface area contributed by atoms with Gasteiger partial charge in [0.25, 0.3) is 5.91 Å². The molecule has 1 aromatic heterocycles. The summed E-state index contributed by atoms with van der Waals surface area (Å²) in [5.74, 6) is -0.698. The summed E-state index contributed by atoms with van der Waals surface area (Å²) in [6, 6.07) is 17.1. The molecule has 0 aliphatic heterocycles. The van der Waals surface area contributed by atoms with E-state index in [-0.39, 0.29) is 17.4 Å². The number of aromatic nitrogens is 1. The second-order valence-electron chi connectivity index (χ2n) is 5.53. The minimum atomic E-state index is -0.350. The van der Waals surface area contributed by atoms with Crippen molar-refractivity contribution in [2.24, 2.45) is 0 Å². The van der Waals surface area contributed by atoms with Gasteiger partial charge in [-0.15, -0.1) is 0 Å². The van der Waals surface area contributed by atoms with Crippen LogP contribution in [0, 0.1) is 5.82 Å². The highest BCUT2D eigenvalue weighted by Gasteiger charge is 2.09. The maximum atomic E-state index is 12.9. The molecule has 0 fully saturated rings. The van der Waals surface area contributed by atoms with Crippen molar-refractivity contribution >= 4 is 23.0 Å². The smallest absolute Gasteiger partial charge is 0.274 e. The van der Waals surface area contributed by atoms with E-state index in [2.05, 4.69) is 28.6 Å². The van der Waals surface area contributed by atoms with Crippen molar-refractivity contribution in [1.29, 1.82) is 0 Å². The van der Waals surface area contributed by atoms with Gasteiger partial charge >= 0.3 is 0 Å². The summed E-state index contributed by atoms with van der Waals surface area (Å²) in [7, 11) is 0. The van der Waals surface area contributed by atoms with Crippen molar-refractivity contribution in [2.75, 3.05) is 10.6 Å². The molecule has 0 spiro atoms. The Balaban J connectivity index is 1.76. The van der Waals surface area contributed by atoms with Crippen LogP contribution in [0.4, 0.5) is 21.5 Å². The van der Waals surface area contributed by atoms with Crippen molar-refractivity contribution in [2.45, 2.75) is 13.3 Å². The molecule has 0 atom stereocenters. The molecular formula is C20H18FN3O. The molecule has 0 saturated heterocycles. The largest absolute Gasteiger partial charge is 0.355 e. The summed E-state index contributed by atoms with van der Waals surface area (Å²) in [5, 5.41) is 6.02. The van der Waals surface area contributed by atoms with Gasteiger partial charge in [-0.25, -0.2) is 4.39 Å². The quantitative estimate of drug-likeness (QED) is 0.705. The first-order valence-electron chi connectivity index (χ1n) is 8.03. The molecule has 3 rings (SSSR count). The van der Waals surface area contributed by atoms with Crippen LogP contribution in [0.3, 0.4) is 0 Å². The first-order valence-corrected chi connectivity index (χ1v) is 8.03. The zero-order valence-corrected chi connectivity index (χ0v) is 13.8. The van der Waals surface area contributed by atoms with Gasteiger partial charge in [0.05, 0.1) is 0 Å². The van der Waals surface area contributed by atoms with E-state index in [1.807, 2.05) is 18.2 Å². The average Bonchev–Trinajstić information content (AvgIpc) is 2.64. The van der Waals surface area contributed by atoms with Crippen molar-refractivity contribution in [1.82, 2.24) is 4.98 Å². The summed E-state index contributed by atoms with van der Waals surface area (Å²) in [6.45, 7) is 2.09. The molecule has 126 valence electrons. The third kappa shape index (κ3) is 4.20. The SMILES string of the molecule is CCc1ccccc1Nc1ccnc(C(=O)Nc2ccc(F)cc2)c1. The van der Waals surface area contributed by atoms with Crippen LogP contribution < -0.4 is 10.6 Å². The summed E-state index contributed by atoms with van der Waals surface area (Å²) < 4.78 is 12.9. The Hall–Kier alpha value is -3.21. The van der Waals surface area contributed by atoms with E-state index < -0.39 is 0 Å². The lowest BCUT2D eigenvalue weighted by molar-refractivity contribution is 0.102. The molecular weight excluding hydrogens is 317 g/mol. The van der Waals surface area contributed by atoms with E-state index in [9.17, 15) is 9.18 Å². The lowest BCUT2D eigenvalue weighted by atomic mass is 10.1. The number of pyridine rings is 1. The number of amides is 1. The predicted molar refractivity (Wildman–Crippen MR) is 97.7 cm³/mol.